The molecule has 108 valence electrons. The van der Waals surface area contributed by atoms with Crippen LogP contribution in [0.1, 0.15) is 11.1 Å². The number of methoxy groups -OCH3 is 1. The minimum Gasteiger partial charge on any atom is -0.496 e. The standard InChI is InChI=1S/C17H16FNO2/c1-20-17-8-7-13(4-3-9-19)10-14(17)12-21-16-6-2-5-15(18)11-16/h2,5-8,10-11H,9,12,19H2,1H3. The number of ether oxygens (including phenoxy) is 2. The summed E-state index contributed by atoms with van der Waals surface area (Å²) in [6.45, 7) is 0.575. The highest BCUT2D eigenvalue weighted by Crippen LogP contribution is 2.22. The number of halogens is 1. The molecule has 21 heavy (non-hydrogen) atoms. The third-order valence-corrected chi connectivity index (χ3v) is 2.81. The molecule has 2 aromatic rings. The molecule has 0 fully saturated rings. The van der Waals surface area contributed by atoms with Crippen molar-refractivity contribution >= 4 is 0 Å². The van der Waals surface area contributed by atoms with Gasteiger partial charge in [0.05, 0.1) is 13.7 Å². The third kappa shape index (κ3) is 4.23. The van der Waals surface area contributed by atoms with E-state index in [4.69, 9.17) is 15.2 Å². The molecule has 4 heteroatoms. The van der Waals surface area contributed by atoms with Crippen molar-refractivity contribution in [2.24, 2.45) is 5.73 Å². The van der Waals surface area contributed by atoms with Crippen LogP contribution in [0.2, 0.25) is 0 Å². The van der Waals surface area contributed by atoms with Crippen molar-refractivity contribution in [3.05, 3.63) is 59.4 Å². The van der Waals surface area contributed by atoms with Gasteiger partial charge < -0.3 is 15.2 Å². The summed E-state index contributed by atoms with van der Waals surface area (Å²) < 4.78 is 24.0. The molecule has 2 aromatic carbocycles. The predicted molar refractivity (Wildman–Crippen MR) is 79.7 cm³/mol. The molecule has 0 radical (unpaired) electrons. The Kier molecular flexibility index (Phi) is 5.19. The first-order valence-electron chi connectivity index (χ1n) is 6.47. The highest BCUT2D eigenvalue weighted by Gasteiger charge is 2.05. The topological polar surface area (TPSA) is 44.5 Å². The molecule has 0 unspecified atom stereocenters. The quantitative estimate of drug-likeness (QED) is 0.878. The largest absolute Gasteiger partial charge is 0.496 e. The van der Waals surface area contributed by atoms with Crippen LogP contribution in [0.3, 0.4) is 0 Å². The molecule has 0 aliphatic heterocycles. The van der Waals surface area contributed by atoms with Crippen LogP contribution in [0.15, 0.2) is 42.5 Å². The van der Waals surface area contributed by atoms with Gasteiger partial charge in [-0.1, -0.05) is 17.9 Å². The van der Waals surface area contributed by atoms with Crippen LogP contribution in [0.5, 0.6) is 11.5 Å². The molecule has 0 saturated heterocycles. The Hall–Kier alpha value is -2.51. The van der Waals surface area contributed by atoms with E-state index in [0.717, 1.165) is 11.1 Å². The lowest BCUT2D eigenvalue weighted by Crippen LogP contribution is -2.00. The first-order chi connectivity index (χ1) is 10.2. The number of benzene rings is 2. The summed E-state index contributed by atoms with van der Waals surface area (Å²) in [5.41, 5.74) is 7.03. The van der Waals surface area contributed by atoms with Crippen molar-refractivity contribution < 1.29 is 13.9 Å². The average Bonchev–Trinajstić information content (AvgIpc) is 2.51. The summed E-state index contributed by atoms with van der Waals surface area (Å²) in [6, 6.07) is 11.6. The van der Waals surface area contributed by atoms with Crippen LogP contribution < -0.4 is 15.2 Å². The Morgan fingerprint density at radius 1 is 1.19 bits per heavy atom. The van der Waals surface area contributed by atoms with Crippen molar-refractivity contribution in [1.29, 1.82) is 0 Å². The van der Waals surface area contributed by atoms with E-state index in [1.807, 2.05) is 18.2 Å². The SMILES string of the molecule is COc1ccc(C#CCN)cc1COc1cccc(F)c1. The summed E-state index contributed by atoms with van der Waals surface area (Å²) in [4.78, 5) is 0. The number of rotatable bonds is 4. The molecule has 0 heterocycles. The molecule has 0 atom stereocenters. The van der Waals surface area contributed by atoms with E-state index in [9.17, 15) is 4.39 Å². The van der Waals surface area contributed by atoms with Crippen LogP contribution in [-0.4, -0.2) is 13.7 Å². The zero-order valence-corrected chi connectivity index (χ0v) is 11.7. The van der Waals surface area contributed by atoms with Gasteiger partial charge in [-0.3, -0.25) is 0 Å². The molecule has 0 aliphatic rings. The van der Waals surface area contributed by atoms with E-state index in [1.54, 1.807) is 19.2 Å². The molecular weight excluding hydrogens is 269 g/mol. The van der Waals surface area contributed by atoms with Gasteiger partial charge in [-0.25, -0.2) is 4.39 Å². The van der Waals surface area contributed by atoms with Crippen molar-refractivity contribution in [3.8, 4) is 23.3 Å². The van der Waals surface area contributed by atoms with E-state index in [1.165, 1.54) is 12.1 Å². The maximum Gasteiger partial charge on any atom is 0.126 e. The highest BCUT2D eigenvalue weighted by atomic mass is 19.1. The normalized spacial score (nSPS) is 9.67. The number of hydrogen-bond acceptors (Lipinski definition) is 3. The Morgan fingerprint density at radius 2 is 2.05 bits per heavy atom. The molecule has 0 spiro atoms. The summed E-state index contributed by atoms with van der Waals surface area (Å²) >= 11 is 0. The summed E-state index contributed by atoms with van der Waals surface area (Å²) in [6.07, 6.45) is 0. The fraction of sp³-hybridized carbons (Fsp3) is 0.176. The maximum atomic E-state index is 13.1. The van der Waals surface area contributed by atoms with Crippen LogP contribution in [0.25, 0.3) is 0 Å². The van der Waals surface area contributed by atoms with E-state index in [2.05, 4.69) is 11.8 Å². The average molecular weight is 285 g/mol. The molecular formula is C17H16FNO2. The first kappa shape index (κ1) is 14.9. The number of nitrogens with two attached hydrogens (primary N) is 1. The minimum atomic E-state index is -0.331. The van der Waals surface area contributed by atoms with E-state index in [-0.39, 0.29) is 12.4 Å². The van der Waals surface area contributed by atoms with Crippen LogP contribution in [-0.2, 0) is 6.61 Å². The third-order valence-electron chi connectivity index (χ3n) is 2.81. The van der Waals surface area contributed by atoms with Gasteiger partial charge >= 0.3 is 0 Å². The van der Waals surface area contributed by atoms with Gasteiger partial charge in [0.2, 0.25) is 0 Å². The van der Waals surface area contributed by atoms with Gasteiger partial charge in [0.15, 0.2) is 0 Å². The molecule has 0 aliphatic carbocycles. The fourth-order valence-corrected chi connectivity index (χ4v) is 1.84. The Balaban J connectivity index is 2.17. The van der Waals surface area contributed by atoms with Gasteiger partial charge in [-0.05, 0) is 30.3 Å². The van der Waals surface area contributed by atoms with Gasteiger partial charge in [-0.15, -0.1) is 0 Å². The van der Waals surface area contributed by atoms with Gasteiger partial charge in [0.25, 0.3) is 0 Å². The Morgan fingerprint density at radius 3 is 2.76 bits per heavy atom. The molecule has 0 bridgehead atoms. The zero-order valence-electron chi connectivity index (χ0n) is 11.7. The molecule has 0 aromatic heterocycles. The Bertz CT molecular complexity index is 674. The van der Waals surface area contributed by atoms with Crippen LogP contribution >= 0.6 is 0 Å². The predicted octanol–water partition coefficient (Wildman–Crippen LogP) is 2.72. The first-order valence-corrected chi connectivity index (χ1v) is 6.47. The van der Waals surface area contributed by atoms with Gasteiger partial charge in [0.1, 0.15) is 23.9 Å². The fourth-order valence-electron chi connectivity index (χ4n) is 1.84. The van der Waals surface area contributed by atoms with E-state index < -0.39 is 0 Å². The van der Waals surface area contributed by atoms with Gasteiger partial charge in [0, 0.05) is 17.2 Å². The van der Waals surface area contributed by atoms with Crippen LogP contribution in [0, 0.1) is 17.7 Å². The summed E-state index contributed by atoms with van der Waals surface area (Å²) in [7, 11) is 1.59. The smallest absolute Gasteiger partial charge is 0.126 e. The van der Waals surface area contributed by atoms with Crippen LogP contribution in [0.4, 0.5) is 4.39 Å². The van der Waals surface area contributed by atoms with Crippen molar-refractivity contribution in [1.82, 2.24) is 0 Å². The van der Waals surface area contributed by atoms with E-state index in [0.29, 0.717) is 18.0 Å². The second-order valence-electron chi connectivity index (χ2n) is 4.28. The second-order valence-corrected chi connectivity index (χ2v) is 4.28. The number of hydrogen-bond donors (Lipinski definition) is 1. The Labute approximate surface area is 123 Å². The molecule has 0 saturated carbocycles. The van der Waals surface area contributed by atoms with Crippen molar-refractivity contribution in [2.75, 3.05) is 13.7 Å². The zero-order chi connectivity index (χ0) is 15.1. The highest BCUT2D eigenvalue weighted by molar-refractivity contribution is 5.44. The van der Waals surface area contributed by atoms with Gasteiger partial charge in [-0.2, -0.15) is 0 Å². The maximum absolute atomic E-state index is 13.1. The lowest BCUT2D eigenvalue weighted by Gasteiger charge is -2.11. The molecule has 0 amide bonds. The monoisotopic (exact) mass is 285 g/mol. The summed E-state index contributed by atoms with van der Waals surface area (Å²) in [5, 5.41) is 0. The lowest BCUT2D eigenvalue weighted by molar-refractivity contribution is 0.295. The van der Waals surface area contributed by atoms with Crippen molar-refractivity contribution in [3.63, 3.8) is 0 Å². The molecule has 2 rings (SSSR count). The second kappa shape index (κ2) is 7.32. The lowest BCUT2D eigenvalue weighted by atomic mass is 10.1. The summed E-state index contributed by atoms with van der Waals surface area (Å²) in [5.74, 6) is 6.59. The van der Waals surface area contributed by atoms with Crippen molar-refractivity contribution in [2.45, 2.75) is 6.61 Å². The molecule has 3 nitrogen and oxygen atoms in total. The molecule has 2 N–H and O–H groups in total. The minimum absolute atomic E-state index is 0.269. The van der Waals surface area contributed by atoms with E-state index >= 15 is 0 Å².